The molecule has 0 aliphatic carbocycles. The van der Waals surface area contributed by atoms with Crippen LogP contribution in [-0.4, -0.2) is 58.6 Å². The molecule has 7 nitrogen and oxygen atoms in total. The lowest BCUT2D eigenvalue weighted by atomic mass is 10.2. The van der Waals surface area contributed by atoms with Crippen molar-refractivity contribution in [2.24, 2.45) is 4.99 Å². The molecule has 0 bridgehead atoms. The molecule has 1 amide bonds. The van der Waals surface area contributed by atoms with Crippen molar-refractivity contribution >= 4 is 18.1 Å². The molecule has 0 atom stereocenters. The highest BCUT2D eigenvalue weighted by Gasteiger charge is 1.98. The molecule has 0 saturated carbocycles. The first-order valence-corrected chi connectivity index (χ1v) is 7.21. The maximum atomic E-state index is 9.62. The van der Waals surface area contributed by atoms with Gasteiger partial charge in [0.1, 0.15) is 5.69 Å². The third kappa shape index (κ3) is 7.26. The Balaban J connectivity index is 0.000000413. The van der Waals surface area contributed by atoms with E-state index in [1.807, 2.05) is 30.1 Å². The second kappa shape index (κ2) is 9.83. The number of aliphatic imine (C=N–C) groups is 1. The third-order valence-corrected chi connectivity index (χ3v) is 2.83. The maximum Gasteiger partial charge on any atom is 0.406 e. The fourth-order valence-electron chi connectivity index (χ4n) is 1.56. The van der Waals surface area contributed by atoms with Crippen LogP contribution in [0.15, 0.2) is 53.8 Å². The maximum absolute atomic E-state index is 9.62. The van der Waals surface area contributed by atoms with Crippen molar-refractivity contribution < 1.29 is 15.0 Å². The molecule has 0 fully saturated rings. The van der Waals surface area contributed by atoms with Crippen LogP contribution in [0.2, 0.25) is 0 Å². The molecular weight excluding hydrogens is 308 g/mol. The van der Waals surface area contributed by atoms with Crippen molar-refractivity contribution in [1.29, 1.82) is 0 Å². The summed E-state index contributed by atoms with van der Waals surface area (Å²) in [5.74, 6) is 0.0851. The van der Waals surface area contributed by atoms with Crippen molar-refractivity contribution in [2.45, 2.75) is 6.54 Å². The van der Waals surface area contributed by atoms with Gasteiger partial charge in [0.2, 0.25) is 0 Å². The van der Waals surface area contributed by atoms with E-state index in [0.29, 0.717) is 5.69 Å². The molecule has 1 aromatic heterocycles. The average molecular weight is 330 g/mol. The third-order valence-electron chi connectivity index (χ3n) is 2.83. The van der Waals surface area contributed by atoms with Crippen LogP contribution in [-0.2, 0) is 6.54 Å². The van der Waals surface area contributed by atoms with E-state index in [0.717, 1.165) is 11.4 Å². The van der Waals surface area contributed by atoms with Gasteiger partial charge in [-0.3, -0.25) is 4.98 Å². The van der Waals surface area contributed by atoms with Gasteiger partial charge < -0.3 is 20.0 Å². The molecule has 0 radical (unpaired) electrons. The SMILES string of the molecule is CN(/C=N/c1ccncc1O)Cc1ccccc1.CN(C)C(=O)O. The molecule has 0 aliphatic heterocycles. The Bertz CT molecular complexity index is 660. The number of carbonyl (C=O) groups is 1. The van der Waals surface area contributed by atoms with Crippen LogP contribution in [0.25, 0.3) is 0 Å². The Morgan fingerprint density at radius 1 is 1.21 bits per heavy atom. The normalized spacial score (nSPS) is 9.96. The summed E-state index contributed by atoms with van der Waals surface area (Å²) in [6, 6.07) is 11.8. The van der Waals surface area contributed by atoms with Gasteiger partial charge in [-0.05, 0) is 11.6 Å². The quantitative estimate of drug-likeness (QED) is 0.664. The molecule has 2 N–H and O–H groups in total. The lowest BCUT2D eigenvalue weighted by Gasteiger charge is -2.12. The predicted octanol–water partition coefficient (Wildman–Crippen LogP) is 2.81. The zero-order valence-corrected chi connectivity index (χ0v) is 14.0. The molecule has 2 aromatic rings. The van der Waals surface area contributed by atoms with Gasteiger partial charge in [0.05, 0.1) is 12.5 Å². The molecule has 128 valence electrons. The van der Waals surface area contributed by atoms with Gasteiger partial charge in [0.15, 0.2) is 5.75 Å². The predicted molar refractivity (Wildman–Crippen MR) is 93.7 cm³/mol. The molecular formula is C17H22N4O3. The molecule has 2 rings (SSSR count). The minimum Gasteiger partial charge on any atom is -0.504 e. The Morgan fingerprint density at radius 3 is 2.38 bits per heavy atom. The first-order chi connectivity index (χ1) is 11.4. The molecule has 1 heterocycles. The van der Waals surface area contributed by atoms with Crippen molar-refractivity contribution in [3.63, 3.8) is 0 Å². The molecule has 7 heteroatoms. The van der Waals surface area contributed by atoms with Crippen molar-refractivity contribution in [3.8, 4) is 5.75 Å². The van der Waals surface area contributed by atoms with Gasteiger partial charge in [-0.15, -0.1) is 0 Å². The van der Waals surface area contributed by atoms with Crippen molar-refractivity contribution in [3.05, 3.63) is 54.4 Å². The number of amides is 1. The lowest BCUT2D eigenvalue weighted by molar-refractivity contribution is 0.165. The summed E-state index contributed by atoms with van der Waals surface area (Å²) >= 11 is 0. The highest BCUT2D eigenvalue weighted by Crippen LogP contribution is 2.23. The van der Waals surface area contributed by atoms with Gasteiger partial charge in [-0.1, -0.05) is 30.3 Å². The van der Waals surface area contributed by atoms with Gasteiger partial charge >= 0.3 is 6.09 Å². The number of hydrogen-bond donors (Lipinski definition) is 2. The van der Waals surface area contributed by atoms with E-state index in [4.69, 9.17) is 5.11 Å². The zero-order chi connectivity index (χ0) is 17.9. The van der Waals surface area contributed by atoms with E-state index in [2.05, 4.69) is 22.1 Å². The van der Waals surface area contributed by atoms with Crippen LogP contribution in [0.3, 0.4) is 0 Å². The summed E-state index contributed by atoms with van der Waals surface area (Å²) in [6.45, 7) is 0.774. The summed E-state index contributed by atoms with van der Waals surface area (Å²) < 4.78 is 0. The monoisotopic (exact) mass is 330 g/mol. The number of rotatable bonds is 4. The van der Waals surface area contributed by atoms with Gasteiger partial charge in [-0.25, -0.2) is 9.79 Å². The lowest BCUT2D eigenvalue weighted by Crippen LogP contribution is -2.18. The summed E-state index contributed by atoms with van der Waals surface area (Å²) in [6.07, 6.45) is 3.77. The highest BCUT2D eigenvalue weighted by atomic mass is 16.4. The van der Waals surface area contributed by atoms with Gasteiger partial charge in [-0.2, -0.15) is 0 Å². The Morgan fingerprint density at radius 2 is 1.83 bits per heavy atom. The number of aromatic nitrogens is 1. The molecule has 1 aromatic carbocycles. The van der Waals surface area contributed by atoms with Crippen molar-refractivity contribution in [2.75, 3.05) is 21.1 Å². The number of hydrogen-bond acceptors (Lipinski definition) is 4. The standard InChI is InChI=1S/C14H15N3O.C3H7NO2/c1-17(10-12-5-3-2-4-6-12)11-16-13-7-8-15-9-14(13)18;1-4(2)3(5)6/h2-9,11,18H,10H2,1H3;1-2H3,(H,5,6)/b16-11+;. The number of aromatic hydroxyl groups is 1. The van der Waals surface area contributed by atoms with Crippen LogP contribution < -0.4 is 0 Å². The first kappa shape index (κ1) is 19.0. The van der Waals surface area contributed by atoms with E-state index in [1.54, 1.807) is 18.6 Å². The summed E-state index contributed by atoms with van der Waals surface area (Å²) in [5.41, 5.74) is 1.73. The molecule has 24 heavy (non-hydrogen) atoms. The molecule has 0 aliphatic rings. The first-order valence-electron chi connectivity index (χ1n) is 7.21. The second-order valence-electron chi connectivity index (χ2n) is 5.19. The molecule has 0 spiro atoms. The number of carboxylic acid groups (broad SMARTS) is 1. The zero-order valence-electron chi connectivity index (χ0n) is 14.0. The average Bonchev–Trinajstić information content (AvgIpc) is 2.55. The fraction of sp³-hybridized carbons (Fsp3) is 0.235. The number of pyridine rings is 1. The summed E-state index contributed by atoms with van der Waals surface area (Å²) in [7, 11) is 4.89. The minimum atomic E-state index is -0.907. The molecule has 0 saturated heterocycles. The summed E-state index contributed by atoms with van der Waals surface area (Å²) in [4.78, 5) is 20.7. The Labute approximate surface area is 141 Å². The van der Waals surface area contributed by atoms with Crippen molar-refractivity contribution in [1.82, 2.24) is 14.8 Å². The van der Waals surface area contributed by atoms with E-state index >= 15 is 0 Å². The van der Waals surface area contributed by atoms with E-state index in [1.165, 1.54) is 25.9 Å². The van der Waals surface area contributed by atoms with E-state index in [9.17, 15) is 9.90 Å². The largest absolute Gasteiger partial charge is 0.504 e. The van der Waals surface area contributed by atoms with Gasteiger partial charge in [0.25, 0.3) is 0 Å². The fourth-order valence-corrected chi connectivity index (χ4v) is 1.56. The van der Waals surface area contributed by atoms with E-state index in [-0.39, 0.29) is 5.75 Å². The summed E-state index contributed by atoms with van der Waals surface area (Å²) in [5, 5.41) is 17.4. The second-order valence-corrected chi connectivity index (χ2v) is 5.19. The van der Waals surface area contributed by atoms with Crippen LogP contribution in [0.5, 0.6) is 5.75 Å². The van der Waals surface area contributed by atoms with Crippen LogP contribution >= 0.6 is 0 Å². The Kier molecular flexibility index (Phi) is 7.77. The smallest absolute Gasteiger partial charge is 0.406 e. The topological polar surface area (TPSA) is 89.3 Å². The molecule has 0 unspecified atom stereocenters. The van der Waals surface area contributed by atoms with E-state index < -0.39 is 6.09 Å². The Hall–Kier alpha value is -3.09. The number of benzene rings is 1. The van der Waals surface area contributed by atoms with Crippen LogP contribution in [0.4, 0.5) is 10.5 Å². The highest BCUT2D eigenvalue weighted by molar-refractivity contribution is 5.64. The van der Waals surface area contributed by atoms with Gasteiger partial charge in [0, 0.05) is 33.9 Å². The minimum absolute atomic E-state index is 0.0851. The van der Waals surface area contributed by atoms with Crippen LogP contribution in [0, 0.1) is 0 Å². The van der Waals surface area contributed by atoms with Crippen LogP contribution in [0.1, 0.15) is 5.56 Å². The number of nitrogens with zero attached hydrogens (tertiary/aromatic N) is 4.